The first-order valence-corrected chi connectivity index (χ1v) is 7.91. The van der Waals surface area contributed by atoms with Gasteiger partial charge in [-0.1, -0.05) is 6.92 Å². The SMILES string of the molecule is CCCn1cc(S(=O)(=O)NC2CC2)cc1CNC. The molecule has 1 aromatic heterocycles. The molecule has 0 aromatic carbocycles. The summed E-state index contributed by atoms with van der Waals surface area (Å²) in [5, 5.41) is 3.06. The van der Waals surface area contributed by atoms with Gasteiger partial charge in [0.2, 0.25) is 10.0 Å². The predicted molar refractivity (Wildman–Crippen MR) is 70.8 cm³/mol. The molecule has 2 rings (SSSR count). The van der Waals surface area contributed by atoms with Crippen LogP contribution in [-0.4, -0.2) is 26.1 Å². The highest BCUT2D eigenvalue weighted by Crippen LogP contribution is 2.23. The van der Waals surface area contributed by atoms with Crippen LogP contribution in [0.15, 0.2) is 17.2 Å². The van der Waals surface area contributed by atoms with Gasteiger partial charge in [-0.3, -0.25) is 0 Å². The van der Waals surface area contributed by atoms with E-state index in [1.807, 2.05) is 11.6 Å². The van der Waals surface area contributed by atoms with Crippen LogP contribution in [0.4, 0.5) is 0 Å². The Morgan fingerprint density at radius 2 is 2.17 bits per heavy atom. The minimum Gasteiger partial charge on any atom is -0.349 e. The molecule has 0 atom stereocenters. The van der Waals surface area contributed by atoms with Gasteiger partial charge in [0.15, 0.2) is 0 Å². The van der Waals surface area contributed by atoms with Gasteiger partial charge < -0.3 is 9.88 Å². The average Bonchev–Trinajstić information content (AvgIpc) is 3.00. The monoisotopic (exact) mass is 271 g/mol. The van der Waals surface area contributed by atoms with Crippen LogP contribution in [0.5, 0.6) is 0 Å². The highest BCUT2D eigenvalue weighted by Gasteiger charge is 2.28. The quantitative estimate of drug-likeness (QED) is 0.779. The molecule has 1 heterocycles. The van der Waals surface area contributed by atoms with Crippen molar-refractivity contribution in [3.63, 3.8) is 0 Å². The van der Waals surface area contributed by atoms with Gasteiger partial charge in [-0.05, 0) is 32.4 Å². The van der Waals surface area contributed by atoms with E-state index < -0.39 is 10.0 Å². The number of hydrogen-bond donors (Lipinski definition) is 2. The molecule has 18 heavy (non-hydrogen) atoms. The van der Waals surface area contributed by atoms with Gasteiger partial charge in [-0.25, -0.2) is 13.1 Å². The fraction of sp³-hybridized carbons (Fsp3) is 0.667. The molecule has 0 amide bonds. The van der Waals surface area contributed by atoms with Crippen LogP contribution in [0.3, 0.4) is 0 Å². The Labute approximate surface area is 109 Å². The lowest BCUT2D eigenvalue weighted by atomic mass is 10.4. The van der Waals surface area contributed by atoms with Crippen molar-refractivity contribution in [2.75, 3.05) is 7.05 Å². The second-order valence-electron chi connectivity index (χ2n) is 4.79. The van der Waals surface area contributed by atoms with E-state index in [1.165, 1.54) is 0 Å². The number of hydrogen-bond acceptors (Lipinski definition) is 3. The fourth-order valence-electron chi connectivity index (χ4n) is 1.94. The Hall–Kier alpha value is -0.850. The molecule has 1 saturated carbocycles. The molecular formula is C12H21N3O2S. The van der Waals surface area contributed by atoms with Gasteiger partial charge in [-0.2, -0.15) is 0 Å². The van der Waals surface area contributed by atoms with Crippen molar-refractivity contribution in [3.05, 3.63) is 18.0 Å². The molecule has 0 bridgehead atoms. The number of aryl methyl sites for hydroxylation is 1. The molecule has 6 heteroatoms. The molecule has 5 nitrogen and oxygen atoms in total. The number of rotatable bonds is 7. The summed E-state index contributed by atoms with van der Waals surface area (Å²) in [6.07, 6.45) is 4.64. The van der Waals surface area contributed by atoms with Crippen molar-refractivity contribution in [2.45, 2.75) is 50.2 Å². The number of nitrogens with one attached hydrogen (secondary N) is 2. The van der Waals surface area contributed by atoms with Crippen LogP contribution in [0.2, 0.25) is 0 Å². The van der Waals surface area contributed by atoms with Crippen LogP contribution in [-0.2, 0) is 23.1 Å². The summed E-state index contributed by atoms with van der Waals surface area (Å²) >= 11 is 0. The first kappa shape index (κ1) is 13.6. The molecule has 1 aliphatic carbocycles. The number of nitrogens with zero attached hydrogens (tertiary/aromatic N) is 1. The lowest BCUT2D eigenvalue weighted by Crippen LogP contribution is -2.25. The van der Waals surface area contributed by atoms with E-state index in [4.69, 9.17) is 0 Å². The van der Waals surface area contributed by atoms with Crippen molar-refractivity contribution in [2.24, 2.45) is 0 Å². The summed E-state index contributed by atoms with van der Waals surface area (Å²) in [5.41, 5.74) is 1.01. The standard InChI is InChI=1S/C12H21N3O2S/c1-3-6-15-9-12(7-11(15)8-13-2)18(16,17)14-10-4-5-10/h7,9-10,13-14H,3-6,8H2,1-2H3. The van der Waals surface area contributed by atoms with Crippen LogP contribution in [0.25, 0.3) is 0 Å². The number of sulfonamides is 1. The normalized spacial score (nSPS) is 16.1. The second kappa shape index (κ2) is 5.42. The second-order valence-corrected chi connectivity index (χ2v) is 6.50. The van der Waals surface area contributed by atoms with Crippen molar-refractivity contribution in [3.8, 4) is 0 Å². The van der Waals surface area contributed by atoms with E-state index in [1.54, 1.807) is 12.3 Å². The van der Waals surface area contributed by atoms with Crippen LogP contribution in [0.1, 0.15) is 31.9 Å². The van der Waals surface area contributed by atoms with E-state index in [2.05, 4.69) is 17.0 Å². The largest absolute Gasteiger partial charge is 0.349 e. The molecule has 1 fully saturated rings. The first-order chi connectivity index (χ1) is 8.56. The Bertz CT molecular complexity index is 480. The van der Waals surface area contributed by atoms with E-state index in [0.717, 1.165) is 31.5 Å². The van der Waals surface area contributed by atoms with Crippen LogP contribution in [0, 0.1) is 0 Å². The summed E-state index contributed by atoms with van der Waals surface area (Å²) < 4.78 is 28.9. The molecule has 2 N–H and O–H groups in total. The highest BCUT2D eigenvalue weighted by molar-refractivity contribution is 7.89. The molecule has 1 aliphatic rings. The molecule has 0 aliphatic heterocycles. The van der Waals surface area contributed by atoms with Crippen molar-refractivity contribution < 1.29 is 8.42 Å². The maximum Gasteiger partial charge on any atom is 0.242 e. The lowest BCUT2D eigenvalue weighted by molar-refractivity contribution is 0.580. The maximum atomic E-state index is 12.1. The topological polar surface area (TPSA) is 63.1 Å². The predicted octanol–water partition coefficient (Wildman–Crippen LogP) is 1.06. The minimum absolute atomic E-state index is 0.150. The smallest absolute Gasteiger partial charge is 0.242 e. The zero-order valence-electron chi connectivity index (χ0n) is 10.9. The summed E-state index contributed by atoms with van der Waals surface area (Å²) in [4.78, 5) is 0.383. The molecule has 0 saturated heterocycles. The van der Waals surface area contributed by atoms with Crippen molar-refractivity contribution >= 4 is 10.0 Å². The third kappa shape index (κ3) is 3.13. The zero-order chi connectivity index (χ0) is 13.2. The van der Waals surface area contributed by atoms with E-state index in [0.29, 0.717) is 11.4 Å². The van der Waals surface area contributed by atoms with E-state index in [-0.39, 0.29) is 6.04 Å². The number of aromatic nitrogens is 1. The van der Waals surface area contributed by atoms with Crippen LogP contribution >= 0.6 is 0 Å². The minimum atomic E-state index is -3.33. The van der Waals surface area contributed by atoms with Gasteiger partial charge in [0.1, 0.15) is 0 Å². The molecule has 0 spiro atoms. The zero-order valence-corrected chi connectivity index (χ0v) is 11.8. The van der Waals surface area contributed by atoms with Crippen LogP contribution < -0.4 is 10.0 Å². The summed E-state index contributed by atoms with van der Waals surface area (Å²) in [6.45, 7) is 3.61. The summed E-state index contributed by atoms with van der Waals surface area (Å²) in [5.74, 6) is 0. The van der Waals surface area contributed by atoms with Crippen molar-refractivity contribution in [1.29, 1.82) is 0 Å². The Balaban J connectivity index is 2.23. The van der Waals surface area contributed by atoms with Gasteiger partial charge >= 0.3 is 0 Å². The molecule has 0 radical (unpaired) electrons. The summed E-state index contributed by atoms with van der Waals surface area (Å²) in [6, 6.07) is 1.91. The molecule has 102 valence electrons. The van der Waals surface area contributed by atoms with Gasteiger partial charge in [0.25, 0.3) is 0 Å². The van der Waals surface area contributed by atoms with Crippen molar-refractivity contribution in [1.82, 2.24) is 14.6 Å². The van der Waals surface area contributed by atoms with Gasteiger partial charge in [-0.15, -0.1) is 0 Å². The highest BCUT2D eigenvalue weighted by atomic mass is 32.2. The van der Waals surface area contributed by atoms with E-state index >= 15 is 0 Å². The summed E-state index contributed by atoms with van der Waals surface area (Å²) in [7, 11) is -1.47. The van der Waals surface area contributed by atoms with Gasteiger partial charge in [0, 0.05) is 31.0 Å². The maximum absolute atomic E-state index is 12.1. The molecule has 1 aromatic rings. The third-order valence-electron chi connectivity index (χ3n) is 2.99. The molecule has 0 unspecified atom stereocenters. The van der Waals surface area contributed by atoms with E-state index in [9.17, 15) is 8.42 Å². The average molecular weight is 271 g/mol. The third-order valence-corrected chi connectivity index (χ3v) is 4.48. The Kier molecular flexibility index (Phi) is 4.09. The Morgan fingerprint density at radius 3 is 2.72 bits per heavy atom. The first-order valence-electron chi connectivity index (χ1n) is 6.43. The fourth-order valence-corrected chi connectivity index (χ4v) is 3.31. The Morgan fingerprint density at radius 1 is 1.44 bits per heavy atom. The lowest BCUT2D eigenvalue weighted by Gasteiger charge is -2.06. The molecular weight excluding hydrogens is 250 g/mol. The van der Waals surface area contributed by atoms with Gasteiger partial charge in [0.05, 0.1) is 4.90 Å².